The Balaban J connectivity index is 2.25. The van der Waals surface area contributed by atoms with Crippen LogP contribution in [0.4, 0.5) is 13.2 Å². The van der Waals surface area contributed by atoms with Gasteiger partial charge in [-0.2, -0.15) is 0 Å². The fraction of sp³-hybridized carbons (Fsp3) is 0.500. The highest BCUT2D eigenvalue weighted by Gasteiger charge is 2.30. The first-order valence-electron chi connectivity index (χ1n) is 5.77. The quantitative estimate of drug-likeness (QED) is 0.920. The highest BCUT2D eigenvalue weighted by atomic mass is 79.9. The van der Waals surface area contributed by atoms with E-state index in [0.717, 1.165) is 0 Å². The molecule has 0 spiro atoms. The van der Waals surface area contributed by atoms with Crippen molar-refractivity contribution < 1.29 is 13.2 Å². The second-order valence-electron chi connectivity index (χ2n) is 4.24. The van der Waals surface area contributed by atoms with Gasteiger partial charge in [0, 0.05) is 26.2 Å². The van der Waals surface area contributed by atoms with Gasteiger partial charge < -0.3 is 5.32 Å². The van der Waals surface area contributed by atoms with Crippen LogP contribution in [0, 0.1) is 5.82 Å². The van der Waals surface area contributed by atoms with Crippen LogP contribution in [0.1, 0.15) is 11.6 Å². The van der Waals surface area contributed by atoms with Crippen LogP contribution in [0.15, 0.2) is 22.7 Å². The summed E-state index contributed by atoms with van der Waals surface area (Å²) in [5, 5.41) is 3.11. The summed E-state index contributed by atoms with van der Waals surface area (Å²) in [4.78, 5) is 1.70. The van der Waals surface area contributed by atoms with Crippen LogP contribution < -0.4 is 5.32 Å². The van der Waals surface area contributed by atoms with Crippen molar-refractivity contribution in [3.05, 3.63) is 34.1 Å². The molecule has 0 amide bonds. The Hall–Kier alpha value is -0.590. The third-order valence-corrected chi connectivity index (χ3v) is 3.71. The van der Waals surface area contributed by atoms with Gasteiger partial charge in [0.05, 0.1) is 10.5 Å². The molecule has 0 radical (unpaired) electrons. The third-order valence-electron chi connectivity index (χ3n) is 3.07. The Morgan fingerprint density at radius 2 is 1.89 bits per heavy atom. The minimum Gasteiger partial charge on any atom is -0.314 e. The lowest BCUT2D eigenvalue weighted by Crippen LogP contribution is -2.46. The Morgan fingerprint density at radius 3 is 2.44 bits per heavy atom. The van der Waals surface area contributed by atoms with Gasteiger partial charge in [-0.05, 0) is 33.6 Å². The Morgan fingerprint density at radius 1 is 1.22 bits per heavy atom. The van der Waals surface area contributed by atoms with Gasteiger partial charge in [0.2, 0.25) is 0 Å². The molecule has 1 atom stereocenters. The van der Waals surface area contributed by atoms with Crippen LogP contribution in [0.25, 0.3) is 0 Å². The molecular weight excluding hydrogens is 309 g/mol. The van der Waals surface area contributed by atoms with Gasteiger partial charge >= 0.3 is 0 Å². The lowest BCUT2D eigenvalue weighted by Gasteiger charge is -2.34. The summed E-state index contributed by atoms with van der Waals surface area (Å²) < 4.78 is 40.1. The molecule has 1 aromatic rings. The molecule has 100 valence electrons. The number of alkyl halides is 2. The molecule has 1 heterocycles. The standard InChI is InChI=1S/C12H14BrF3N2/c13-9-2-1-8(7-10(9)14)11(12(15)16)18-5-3-17-4-6-18/h1-2,7,11-12,17H,3-6H2/t11-/m1/s1. The second kappa shape index (κ2) is 6.04. The molecule has 2 nitrogen and oxygen atoms in total. The van der Waals surface area contributed by atoms with Crippen molar-refractivity contribution in [2.75, 3.05) is 26.2 Å². The molecule has 0 unspecified atom stereocenters. The van der Waals surface area contributed by atoms with E-state index in [1.54, 1.807) is 11.0 Å². The first-order chi connectivity index (χ1) is 8.59. The van der Waals surface area contributed by atoms with Gasteiger partial charge in [0.25, 0.3) is 6.43 Å². The molecule has 1 aromatic carbocycles. The summed E-state index contributed by atoms with van der Waals surface area (Å²) in [7, 11) is 0. The average Bonchev–Trinajstić information content (AvgIpc) is 2.35. The van der Waals surface area contributed by atoms with E-state index < -0.39 is 18.3 Å². The molecule has 0 aliphatic carbocycles. The lowest BCUT2D eigenvalue weighted by molar-refractivity contribution is 0.0180. The number of halogens is 4. The van der Waals surface area contributed by atoms with Crippen molar-refractivity contribution in [1.82, 2.24) is 10.2 Å². The summed E-state index contributed by atoms with van der Waals surface area (Å²) in [5.41, 5.74) is 0.326. The molecule has 1 saturated heterocycles. The number of benzene rings is 1. The van der Waals surface area contributed by atoms with E-state index in [2.05, 4.69) is 21.2 Å². The summed E-state index contributed by atoms with van der Waals surface area (Å²) in [5.74, 6) is -0.506. The van der Waals surface area contributed by atoms with Crippen molar-refractivity contribution in [2.45, 2.75) is 12.5 Å². The van der Waals surface area contributed by atoms with Crippen LogP contribution in [0.2, 0.25) is 0 Å². The largest absolute Gasteiger partial charge is 0.314 e. The Bertz CT molecular complexity index is 408. The molecule has 0 aromatic heterocycles. The molecular formula is C12H14BrF3N2. The van der Waals surface area contributed by atoms with Crippen LogP contribution in [-0.2, 0) is 0 Å². The maximum absolute atomic E-state index is 13.4. The predicted octanol–water partition coefficient (Wildman–Crippen LogP) is 2.80. The minimum absolute atomic E-state index is 0.291. The zero-order valence-electron chi connectivity index (χ0n) is 9.67. The SMILES string of the molecule is Fc1cc([C@H](C(F)F)N2CCNCC2)ccc1Br. The number of rotatable bonds is 3. The van der Waals surface area contributed by atoms with Crippen LogP contribution in [0.5, 0.6) is 0 Å². The van der Waals surface area contributed by atoms with E-state index >= 15 is 0 Å². The monoisotopic (exact) mass is 322 g/mol. The van der Waals surface area contributed by atoms with Crippen molar-refractivity contribution in [1.29, 1.82) is 0 Å². The maximum Gasteiger partial charge on any atom is 0.258 e. The van der Waals surface area contributed by atoms with Crippen LogP contribution >= 0.6 is 15.9 Å². The first kappa shape index (κ1) is 13.8. The lowest BCUT2D eigenvalue weighted by atomic mass is 10.0. The van der Waals surface area contributed by atoms with Gasteiger partial charge in [-0.3, -0.25) is 4.90 Å². The van der Waals surface area contributed by atoms with Crippen molar-refractivity contribution in [2.24, 2.45) is 0 Å². The predicted molar refractivity (Wildman–Crippen MR) is 67.3 cm³/mol. The summed E-state index contributed by atoms with van der Waals surface area (Å²) in [6, 6.07) is 3.17. The number of hydrogen-bond acceptors (Lipinski definition) is 2. The summed E-state index contributed by atoms with van der Waals surface area (Å²) in [6.45, 7) is 2.46. The molecule has 18 heavy (non-hydrogen) atoms. The zero-order chi connectivity index (χ0) is 13.1. The molecule has 0 saturated carbocycles. The van der Waals surface area contributed by atoms with E-state index in [-0.39, 0.29) is 0 Å². The topological polar surface area (TPSA) is 15.3 Å². The first-order valence-corrected chi connectivity index (χ1v) is 6.57. The van der Waals surface area contributed by atoms with Gasteiger partial charge in [0.15, 0.2) is 0 Å². The Labute approximate surface area is 112 Å². The molecule has 1 N–H and O–H groups in total. The molecule has 6 heteroatoms. The second-order valence-corrected chi connectivity index (χ2v) is 5.09. The summed E-state index contributed by atoms with van der Waals surface area (Å²) in [6.07, 6.45) is -2.52. The van der Waals surface area contributed by atoms with Gasteiger partial charge in [-0.1, -0.05) is 6.07 Å². The summed E-state index contributed by atoms with van der Waals surface area (Å²) >= 11 is 3.03. The van der Waals surface area contributed by atoms with Gasteiger partial charge in [-0.15, -0.1) is 0 Å². The van der Waals surface area contributed by atoms with Gasteiger partial charge in [0.1, 0.15) is 5.82 Å². The average molecular weight is 323 g/mol. The van der Waals surface area contributed by atoms with E-state index in [1.807, 2.05) is 0 Å². The molecule has 1 fully saturated rings. The third kappa shape index (κ3) is 3.05. The van der Waals surface area contributed by atoms with Crippen LogP contribution in [0.3, 0.4) is 0 Å². The highest BCUT2D eigenvalue weighted by Crippen LogP contribution is 2.30. The fourth-order valence-electron chi connectivity index (χ4n) is 2.17. The fourth-order valence-corrected chi connectivity index (χ4v) is 2.42. The molecule has 0 bridgehead atoms. The number of piperazine rings is 1. The minimum atomic E-state index is -2.52. The van der Waals surface area contributed by atoms with Gasteiger partial charge in [-0.25, -0.2) is 13.2 Å². The van der Waals surface area contributed by atoms with E-state index in [9.17, 15) is 13.2 Å². The molecule has 1 aliphatic rings. The molecule has 2 rings (SSSR count). The maximum atomic E-state index is 13.4. The van der Waals surface area contributed by atoms with Crippen molar-refractivity contribution >= 4 is 15.9 Å². The van der Waals surface area contributed by atoms with Crippen molar-refractivity contribution in [3.8, 4) is 0 Å². The van der Waals surface area contributed by atoms with E-state index in [0.29, 0.717) is 36.2 Å². The highest BCUT2D eigenvalue weighted by molar-refractivity contribution is 9.10. The van der Waals surface area contributed by atoms with E-state index in [1.165, 1.54) is 12.1 Å². The number of nitrogens with zero attached hydrogens (tertiary/aromatic N) is 1. The number of nitrogens with one attached hydrogen (secondary N) is 1. The number of hydrogen-bond donors (Lipinski definition) is 1. The zero-order valence-corrected chi connectivity index (χ0v) is 11.3. The van der Waals surface area contributed by atoms with E-state index in [4.69, 9.17) is 0 Å². The smallest absolute Gasteiger partial charge is 0.258 e. The Kier molecular flexibility index (Phi) is 4.64. The van der Waals surface area contributed by atoms with Crippen molar-refractivity contribution in [3.63, 3.8) is 0 Å². The molecule has 1 aliphatic heterocycles. The van der Waals surface area contributed by atoms with Crippen LogP contribution in [-0.4, -0.2) is 37.5 Å². The normalized spacial score (nSPS) is 19.2.